The average molecular weight is 463 g/mol. The van der Waals surface area contributed by atoms with Crippen LogP contribution in [-0.4, -0.2) is 33.2 Å². The number of hydrogen-bond acceptors (Lipinski definition) is 4. The molecule has 0 saturated carbocycles. The van der Waals surface area contributed by atoms with Gasteiger partial charge in [-0.25, -0.2) is 0 Å². The van der Waals surface area contributed by atoms with Crippen LogP contribution in [0.15, 0.2) is 77.8 Å². The number of benzene rings is 2. The lowest BCUT2D eigenvalue weighted by Crippen LogP contribution is -2.31. The zero-order valence-corrected chi connectivity index (χ0v) is 18.5. The highest BCUT2D eigenvalue weighted by Crippen LogP contribution is 2.41. The fraction of sp³-hybridized carbons (Fsp3) is 0.120. The second kappa shape index (κ2) is 8.30. The number of para-hydroxylation sites is 1. The Bertz CT molecular complexity index is 1340. The number of ketones is 1. The van der Waals surface area contributed by atoms with Crippen molar-refractivity contribution in [1.82, 2.24) is 9.88 Å². The molecule has 160 valence electrons. The Morgan fingerprint density at radius 3 is 2.59 bits per heavy atom. The number of aromatic amines is 1. The number of Topliss-reactive ketones (excluding diaryl/α,β-unsaturated/α-hetero) is 1. The normalized spacial score (nSPS) is 18.0. The molecule has 1 atom stereocenters. The lowest BCUT2D eigenvalue weighted by molar-refractivity contribution is -0.139. The molecule has 7 heteroatoms. The van der Waals surface area contributed by atoms with Crippen molar-refractivity contribution >= 4 is 51.3 Å². The Labute approximate surface area is 193 Å². The molecule has 2 aromatic carbocycles. The SMILES string of the molecule is O=C1C(=O)N(CCc2c[nH]c3ccccc23)C(c2cccs2)C1=C(O)c1ccc(Cl)cc1. The van der Waals surface area contributed by atoms with Gasteiger partial charge in [-0.3, -0.25) is 9.59 Å². The van der Waals surface area contributed by atoms with E-state index in [0.717, 1.165) is 21.3 Å². The molecule has 0 spiro atoms. The molecule has 1 saturated heterocycles. The first-order valence-electron chi connectivity index (χ1n) is 10.2. The van der Waals surface area contributed by atoms with Crippen LogP contribution in [0.5, 0.6) is 0 Å². The molecule has 4 aromatic rings. The van der Waals surface area contributed by atoms with E-state index in [-0.39, 0.29) is 11.3 Å². The summed E-state index contributed by atoms with van der Waals surface area (Å²) in [5.41, 5.74) is 2.66. The van der Waals surface area contributed by atoms with Crippen molar-refractivity contribution in [3.63, 3.8) is 0 Å². The molecule has 0 radical (unpaired) electrons. The maximum absolute atomic E-state index is 13.0. The summed E-state index contributed by atoms with van der Waals surface area (Å²) < 4.78 is 0. The number of aliphatic hydroxyl groups excluding tert-OH is 1. The molecular formula is C25H19ClN2O3S. The summed E-state index contributed by atoms with van der Waals surface area (Å²) in [6.45, 7) is 0.354. The standard InChI is InChI=1S/C25H19ClN2O3S/c26-17-9-7-15(8-10-17)23(29)21-22(20-6-3-13-32-20)28(25(31)24(21)30)12-11-16-14-27-19-5-2-1-4-18(16)19/h1-10,13-14,22,27,29H,11-12H2. The van der Waals surface area contributed by atoms with Crippen molar-refractivity contribution in [2.24, 2.45) is 0 Å². The topological polar surface area (TPSA) is 73.4 Å². The van der Waals surface area contributed by atoms with Crippen LogP contribution in [0.2, 0.25) is 5.02 Å². The highest BCUT2D eigenvalue weighted by molar-refractivity contribution is 7.10. The van der Waals surface area contributed by atoms with Gasteiger partial charge >= 0.3 is 0 Å². The van der Waals surface area contributed by atoms with Crippen LogP contribution >= 0.6 is 22.9 Å². The number of hydrogen-bond donors (Lipinski definition) is 2. The Morgan fingerprint density at radius 2 is 1.84 bits per heavy atom. The predicted molar refractivity (Wildman–Crippen MR) is 127 cm³/mol. The Kier molecular flexibility index (Phi) is 5.33. The van der Waals surface area contributed by atoms with Crippen LogP contribution < -0.4 is 0 Å². The van der Waals surface area contributed by atoms with E-state index in [0.29, 0.717) is 23.6 Å². The second-order valence-corrected chi connectivity index (χ2v) is 9.04. The van der Waals surface area contributed by atoms with Gasteiger partial charge < -0.3 is 15.0 Å². The first-order chi connectivity index (χ1) is 15.5. The quantitative estimate of drug-likeness (QED) is 0.232. The zero-order chi connectivity index (χ0) is 22.2. The summed E-state index contributed by atoms with van der Waals surface area (Å²) in [5.74, 6) is -1.46. The minimum absolute atomic E-state index is 0.110. The van der Waals surface area contributed by atoms with E-state index in [1.54, 1.807) is 29.2 Å². The van der Waals surface area contributed by atoms with Gasteiger partial charge in [0.25, 0.3) is 11.7 Å². The van der Waals surface area contributed by atoms with Crippen LogP contribution in [0.1, 0.15) is 22.0 Å². The third-order valence-electron chi connectivity index (χ3n) is 5.77. The summed E-state index contributed by atoms with van der Waals surface area (Å²) in [6, 6.07) is 17.7. The summed E-state index contributed by atoms with van der Waals surface area (Å²) in [5, 5.41) is 14.5. The van der Waals surface area contributed by atoms with E-state index >= 15 is 0 Å². The molecule has 2 aromatic heterocycles. The average Bonchev–Trinajstić information content (AvgIpc) is 3.52. The molecule has 5 rings (SSSR count). The first-order valence-corrected chi connectivity index (χ1v) is 11.4. The maximum Gasteiger partial charge on any atom is 0.295 e. The largest absolute Gasteiger partial charge is 0.507 e. The van der Waals surface area contributed by atoms with E-state index < -0.39 is 17.7 Å². The number of halogens is 1. The van der Waals surface area contributed by atoms with Gasteiger partial charge in [-0.15, -0.1) is 11.3 Å². The number of nitrogens with one attached hydrogen (secondary N) is 1. The number of aromatic nitrogens is 1. The van der Waals surface area contributed by atoms with Crippen LogP contribution in [0.25, 0.3) is 16.7 Å². The third-order valence-corrected chi connectivity index (χ3v) is 6.94. The molecule has 0 bridgehead atoms. The molecular weight excluding hydrogens is 444 g/mol. The monoisotopic (exact) mass is 462 g/mol. The molecule has 2 N–H and O–H groups in total. The van der Waals surface area contributed by atoms with Gasteiger partial charge in [0.05, 0.1) is 11.6 Å². The number of carbonyl (C=O) groups excluding carboxylic acids is 2. The fourth-order valence-electron chi connectivity index (χ4n) is 4.20. The minimum atomic E-state index is -0.672. The van der Waals surface area contributed by atoms with E-state index in [4.69, 9.17) is 11.6 Å². The van der Waals surface area contributed by atoms with Crippen molar-refractivity contribution in [2.45, 2.75) is 12.5 Å². The number of nitrogens with zero attached hydrogens (tertiary/aromatic N) is 1. The number of amides is 1. The van der Waals surface area contributed by atoms with E-state index in [1.807, 2.05) is 48.0 Å². The molecule has 32 heavy (non-hydrogen) atoms. The second-order valence-electron chi connectivity index (χ2n) is 7.62. The Balaban J connectivity index is 1.53. The molecule has 3 heterocycles. The lowest BCUT2D eigenvalue weighted by Gasteiger charge is -2.24. The van der Waals surface area contributed by atoms with Gasteiger partial charge in [0.15, 0.2) is 0 Å². The van der Waals surface area contributed by atoms with Crippen LogP contribution in [0.3, 0.4) is 0 Å². The number of carbonyl (C=O) groups is 2. The van der Waals surface area contributed by atoms with Gasteiger partial charge in [-0.05, 0) is 53.8 Å². The van der Waals surface area contributed by atoms with Crippen molar-refractivity contribution < 1.29 is 14.7 Å². The van der Waals surface area contributed by atoms with Gasteiger partial charge in [-0.2, -0.15) is 0 Å². The molecule has 1 unspecified atom stereocenters. The smallest absolute Gasteiger partial charge is 0.295 e. The summed E-state index contributed by atoms with van der Waals surface area (Å²) >= 11 is 7.42. The van der Waals surface area contributed by atoms with Crippen molar-refractivity contribution in [1.29, 1.82) is 0 Å². The highest BCUT2D eigenvalue weighted by Gasteiger charge is 2.46. The molecule has 1 aliphatic rings. The van der Waals surface area contributed by atoms with E-state index in [9.17, 15) is 14.7 Å². The summed E-state index contributed by atoms with van der Waals surface area (Å²) in [6.07, 6.45) is 2.52. The highest BCUT2D eigenvalue weighted by atomic mass is 35.5. The Morgan fingerprint density at radius 1 is 1.06 bits per heavy atom. The molecule has 1 aliphatic heterocycles. The number of fused-ring (bicyclic) bond motifs is 1. The summed E-state index contributed by atoms with van der Waals surface area (Å²) in [4.78, 5) is 31.7. The van der Waals surface area contributed by atoms with Gasteiger partial charge in [-0.1, -0.05) is 35.9 Å². The van der Waals surface area contributed by atoms with Crippen molar-refractivity contribution in [3.8, 4) is 0 Å². The van der Waals surface area contributed by atoms with Gasteiger partial charge in [0.2, 0.25) is 0 Å². The lowest BCUT2D eigenvalue weighted by atomic mass is 10.00. The summed E-state index contributed by atoms with van der Waals surface area (Å²) in [7, 11) is 0. The maximum atomic E-state index is 13.0. The zero-order valence-electron chi connectivity index (χ0n) is 16.9. The third kappa shape index (κ3) is 3.51. The van der Waals surface area contributed by atoms with Crippen LogP contribution in [0, 0.1) is 0 Å². The molecule has 1 fully saturated rings. The molecule has 0 aliphatic carbocycles. The predicted octanol–water partition coefficient (Wildman–Crippen LogP) is 5.55. The number of likely N-dealkylation sites (tertiary alicyclic amines) is 1. The first kappa shape index (κ1) is 20.5. The van der Waals surface area contributed by atoms with Gasteiger partial charge in [0.1, 0.15) is 5.76 Å². The number of rotatable bonds is 5. The minimum Gasteiger partial charge on any atom is -0.507 e. The fourth-order valence-corrected chi connectivity index (χ4v) is 5.17. The number of thiophene rings is 1. The Hall–Kier alpha value is -3.35. The number of aliphatic hydroxyl groups is 1. The van der Waals surface area contributed by atoms with Crippen molar-refractivity contribution in [3.05, 3.63) is 98.8 Å². The van der Waals surface area contributed by atoms with Crippen LogP contribution in [-0.2, 0) is 16.0 Å². The van der Waals surface area contributed by atoms with Crippen LogP contribution in [0.4, 0.5) is 0 Å². The van der Waals surface area contributed by atoms with Crippen molar-refractivity contribution in [2.75, 3.05) is 6.54 Å². The number of H-pyrrole nitrogens is 1. The van der Waals surface area contributed by atoms with E-state index in [1.165, 1.54) is 11.3 Å². The molecule has 1 amide bonds. The molecule has 5 nitrogen and oxygen atoms in total. The van der Waals surface area contributed by atoms with E-state index in [2.05, 4.69) is 4.98 Å². The van der Waals surface area contributed by atoms with Gasteiger partial charge in [0, 0.05) is 39.1 Å².